The van der Waals surface area contributed by atoms with Crippen LogP contribution in [0.5, 0.6) is 5.75 Å². The van der Waals surface area contributed by atoms with E-state index >= 15 is 0 Å². The molecule has 0 atom stereocenters. The molecule has 0 aliphatic carbocycles. The summed E-state index contributed by atoms with van der Waals surface area (Å²) in [5.41, 5.74) is 1.20. The van der Waals surface area contributed by atoms with Crippen LogP contribution in [0.2, 0.25) is 0 Å². The van der Waals surface area contributed by atoms with E-state index in [1.54, 1.807) is 37.3 Å². The van der Waals surface area contributed by atoms with Crippen molar-refractivity contribution < 1.29 is 14.5 Å². The van der Waals surface area contributed by atoms with Crippen LogP contribution in [0.1, 0.15) is 29.3 Å². The molecule has 0 saturated heterocycles. The van der Waals surface area contributed by atoms with Crippen molar-refractivity contribution in [1.29, 1.82) is 0 Å². The van der Waals surface area contributed by atoms with Crippen molar-refractivity contribution in [3.63, 3.8) is 0 Å². The highest BCUT2D eigenvalue weighted by Crippen LogP contribution is 2.25. The Balaban J connectivity index is 2.23. The number of anilines is 1. The molecule has 0 aliphatic rings. The number of nitro groups is 1. The molecule has 1 N–H and O–H groups in total. The molecule has 6 nitrogen and oxygen atoms in total. The van der Waals surface area contributed by atoms with Gasteiger partial charge in [0.25, 0.3) is 11.6 Å². The summed E-state index contributed by atoms with van der Waals surface area (Å²) in [6.45, 7) is 4.17. The van der Waals surface area contributed by atoms with Crippen LogP contribution < -0.4 is 10.1 Å². The molecule has 0 heterocycles. The van der Waals surface area contributed by atoms with E-state index in [0.29, 0.717) is 23.6 Å². The van der Waals surface area contributed by atoms with Gasteiger partial charge in [-0.25, -0.2) is 0 Å². The van der Waals surface area contributed by atoms with E-state index in [1.807, 2.05) is 13.0 Å². The molecule has 2 rings (SSSR count). The second-order valence-electron chi connectivity index (χ2n) is 5.06. The summed E-state index contributed by atoms with van der Waals surface area (Å²) >= 11 is 0. The van der Waals surface area contributed by atoms with E-state index in [1.165, 1.54) is 6.07 Å². The topological polar surface area (TPSA) is 81.5 Å². The van der Waals surface area contributed by atoms with Crippen molar-refractivity contribution in [2.75, 3.05) is 11.9 Å². The van der Waals surface area contributed by atoms with Crippen molar-refractivity contribution >= 4 is 17.3 Å². The predicted octanol–water partition coefficient (Wildman–Crippen LogP) is 3.94. The molecule has 0 aliphatic heterocycles. The molecule has 1 amide bonds. The number of rotatable bonds is 6. The van der Waals surface area contributed by atoms with E-state index in [2.05, 4.69) is 5.32 Å². The van der Waals surface area contributed by atoms with Gasteiger partial charge in [-0.15, -0.1) is 0 Å². The number of hydrogen-bond donors (Lipinski definition) is 1. The Morgan fingerprint density at radius 3 is 2.70 bits per heavy atom. The van der Waals surface area contributed by atoms with Gasteiger partial charge < -0.3 is 10.1 Å². The third-order valence-corrected chi connectivity index (χ3v) is 3.26. The van der Waals surface area contributed by atoms with Gasteiger partial charge in [0, 0.05) is 17.2 Å². The number of carbonyl (C=O) groups is 1. The van der Waals surface area contributed by atoms with Crippen LogP contribution in [0.15, 0.2) is 42.5 Å². The van der Waals surface area contributed by atoms with Crippen LogP contribution in [0.3, 0.4) is 0 Å². The summed E-state index contributed by atoms with van der Waals surface area (Å²) in [5.74, 6) is 0.157. The van der Waals surface area contributed by atoms with E-state index in [-0.39, 0.29) is 11.3 Å². The quantitative estimate of drug-likeness (QED) is 0.646. The largest absolute Gasteiger partial charge is 0.491 e. The highest BCUT2D eigenvalue weighted by Gasteiger charge is 2.16. The fourth-order valence-electron chi connectivity index (χ4n) is 2.05. The van der Waals surface area contributed by atoms with Gasteiger partial charge >= 0.3 is 0 Å². The fourth-order valence-corrected chi connectivity index (χ4v) is 2.05. The first-order valence-corrected chi connectivity index (χ1v) is 7.31. The lowest BCUT2D eigenvalue weighted by Gasteiger charge is -2.12. The standard InChI is InChI=1S/C17H18N2O4/c1-3-10-23-16-7-5-4-6-14(16)18-17(20)13-9-8-12(2)15(11-13)19(21)22/h4-9,11H,3,10H2,1-2H3,(H,18,20). The summed E-state index contributed by atoms with van der Waals surface area (Å²) in [5, 5.41) is 13.7. The number of aryl methyl sites for hydroxylation is 1. The van der Waals surface area contributed by atoms with E-state index < -0.39 is 10.8 Å². The lowest BCUT2D eigenvalue weighted by Crippen LogP contribution is -2.13. The maximum absolute atomic E-state index is 12.3. The minimum absolute atomic E-state index is 0.0758. The van der Waals surface area contributed by atoms with E-state index in [9.17, 15) is 14.9 Å². The fraction of sp³-hybridized carbons (Fsp3) is 0.235. The van der Waals surface area contributed by atoms with Crippen molar-refractivity contribution in [2.45, 2.75) is 20.3 Å². The van der Waals surface area contributed by atoms with Crippen molar-refractivity contribution in [1.82, 2.24) is 0 Å². The van der Waals surface area contributed by atoms with Crippen LogP contribution in [0, 0.1) is 17.0 Å². The van der Waals surface area contributed by atoms with Gasteiger partial charge in [0.1, 0.15) is 5.75 Å². The van der Waals surface area contributed by atoms with Crippen LogP contribution in [0.4, 0.5) is 11.4 Å². The Morgan fingerprint density at radius 2 is 2.00 bits per heavy atom. The van der Waals surface area contributed by atoms with E-state index in [4.69, 9.17) is 4.74 Å². The first kappa shape index (κ1) is 16.5. The number of nitrogens with one attached hydrogen (secondary N) is 1. The zero-order valence-electron chi connectivity index (χ0n) is 13.0. The van der Waals surface area contributed by atoms with Gasteiger partial charge in [0.15, 0.2) is 0 Å². The zero-order chi connectivity index (χ0) is 16.8. The summed E-state index contributed by atoms with van der Waals surface area (Å²) in [4.78, 5) is 22.8. The number of carbonyl (C=O) groups excluding carboxylic acids is 1. The molecule has 2 aromatic carbocycles. The number of para-hydroxylation sites is 2. The number of nitro benzene ring substituents is 1. The first-order chi connectivity index (χ1) is 11.0. The minimum atomic E-state index is -0.496. The normalized spacial score (nSPS) is 10.2. The average molecular weight is 314 g/mol. The van der Waals surface area contributed by atoms with Crippen molar-refractivity contribution in [3.8, 4) is 5.75 Å². The van der Waals surface area contributed by atoms with Crippen LogP contribution in [-0.2, 0) is 0 Å². The highest BCUT2D eigenvalue weighted by atomic mass is 16.6. The molecule has 120 valence electrons. The molecular formula is C17H18N2O4. The number of amides is 1. The Kier molecular flexibility index (Phi) is 5.30. The van der Waals surface area contributed by atoms with Gasteiger partial charge in [0.2, 0.25) is 0 Å². The van der Waals surface area contributed by atoms with Gasteiger partial charge in [-0.3, -0.25) is 14.9 Å². The first-order valence-electron chi connectivity index (χ1n) is 7.31. The smallest absolute Gasteiger partial charge is 0.273 e. The Bertz CT molecular complexity index is 728. The molecule has 0 unspecified atom stereocenters. The van der Waals surface area contributed by atoms with E-state index in [0.717, 1.165) is 6.42 Å². The summed E-state index contributed by atoms with van der Waals surface area (Å²) < 4.78 is 5.58. The molecule has 6 heteroatoms. The lowest BCUT2D eigenvalue weighted by molar-refractivity contribution is -0.385. The maximum Gasteiger partial charge on any atom is 0.273 e. The average Bonchev–Trinajstić information content (AvgIpc) is 2.54. The third kappa shape index (κ3) is 4.06. The minimum Gasteiger partial charge on any atom is -0.491 e. The Hall–Kier alpha value is -2.89. The molecule has 0 radical (unpaired) electrons. The molecule has 0 fully saturated rings. The SMILES string of the molecule is CCCOc1ccccc1NC(=O)c1ccc(C)c([N+](=O)[O-])c1. The summed E-state index contributed by atoms with van der Waals surface area (Å²) in [6.07, 6.45) is 0.854. The van der Waals surface area contributed by atoms with Crippen molar-refractivity contribution in [2.24, 2.45) is 0 Å². The number of ether oxygens (including phenoxy) is 1. The molecule has 23 heavy (non-hydrogen) atoms. The lowest BCUT2D eigenvalue weighted by atomic mass is 10.1. The maximum atomic E-state index is 12.3. The molecule has 0 saturated carbocycles. The third-order valence-electron chi connectivity index (χ3n) is 3.26. The zero-order valence-corrected chi connectivity index (χ0v) is 13.0. The monoisotopic (exact) mass is 314 g/mol. The Morgan fingerprint density at radius 1 is 1.26 bits per heavy atom. The van der Waals surface area contributed by atoms with Crippen LogP contribution >= 0.6 is 0 Å². The predicted molar refractivity (Wildman–Crippen MR) is 88.0 cm³/mol. The molecule has 0 bridgehead atoms. The van der Waals surface area contributed by atoms with Gasteiger partial charge in [0.05, 0.1) is 17.2 Å². The van der Waals surface area contributed by atoms with Gasteiger partial charge in [-0.2, -0.15) is 0 Å². The van der Waals surface area contributed by atoms with Gasteiger partial charge in [-0.05, 0) is 31.5 Å². The molecule has 2 aromatic rings. The second-order valence-corrected chi connectivity index (χ2v) is 5.06. The number of benzene rings is 2. The summed E-state index contributed by atoms with van der Waals surface area (Å²) in [6, 6.07) is 11.5. The Labute approximate surface area is 134 Å². The highest BCUT2D eigenvalue weighted by molar-refractivity contribution is 6.05. The van der Waals surface area contributed by atoms with Crippen molar-refractivity contribution in [3.05, 3.63) is 63.7 Å². The molecule has 0 spiro atoms. The van der Waals surface area contributed by atoms with Crippen LogP contribution in [-0.4, -0.2) is 17.4 Å². The molecule has 0 aromatic heterocycles. The number of nitrogens with zero attached hydrogens (tertiary/aromatic N) is 1. The number of hydrogen-bond acceptors (Lipinski definition) is 4. The van der Waals surface area contributed by atoms with Gasteiger partial charge in [-0.1, -0.05) is 25.1 Å². The summed E-state index contributed by atoms with van der Waals surface area (Å²) in [7, 11) is 0. The van der Waals surface area contributed by atoms with Crippen LogP contribution in [0.25, 0.3) is 0 Å². The molecular weight excluding hydrogens is 296 g/mol. The second kappa shape index (κ2) is 7.40.